The molecule has 1 aliphatic rings. The summed E-state index contributed by atoms with van der Waals surface area (Å²) in [6.45, 7) is 5.21. The van der Waals surface area contributed by atoms with Gasteiger partial charge in [-0.3, -0.25) is 19.5 Å². The summed E-state index contributed by atoms with van der Waals surface area (Å²) in [6.07, 6.45) is 1.58. The first-order chi connectivity index (χ1) is 20.2. The van der Waals surface area contributed by atoms with Crippen molar-refractivity contribution in [3.05, 3.63) is 106 Å². The van der Waals surface area contributed by atoms with Crippen LogP contribution in [0.4, 0.5) is 5.69 Å². The number of methoxy groups -OCH3 is 2. The molecular weight excluding hydrogens is 562 g/mol. The van der Waals surface area contributed by atoms with Crippen LogP contribution in [0, 0.1) is 17.0 Å². The third-order valence-electron chi connectivity index (χ3n) is 6.84. The smallest absolute Gasteiger partial charge is 0.338 e. The monoisotopic (exact) mass is 589 g/mol. The highest BCUT2D eigenvalue weighted by atomic mass is 32.1. The Hall–Kier alpha value is -4.97. The van der Waals surface area contributed by atoms with Crippen LogP contribution in [0.1, 0.15) is 36.8 Å². The van der Waals surface area contributed by atoms with E-state index < -0.39 is 22.5 Å². The van der Waals surface area contributed by atoms with Crippen molar-refractivity contribution < 1.29 is 28.3 Å². The number of hydrogen-bond acceptors (Lipinski definition) is 10. The van der Waals surface area contributed by atoms with Gasteiger partial charge in [0.25, 0.3) is 11.2 Å². The minimum atomic E-state index is -0.896. The van der Waals surface area contributed by atoms with Gasteiger partial charge < -0.3 is 18.6 Å². The third kappa shape index (κ3) is 5.12. The molecule has 0 saturated heterocycles. The number of esters is 1. The van der Waals surface area contributed by atoms with Crippen LogP contribution in [0.25, 0.3) is 17.4 Å². The molecule has 216 valence electrons. The Labute approximate surface area is 243 Å². The maximum atomic E-state index is 13.9. The maximum Gasteiger partial charge on any atom is 0.338 e. The van der Waals surface area contributed by atoms with Gasteiger partial charge >= 0.3 is 5.97 Å². The molecule has 4 aromatic rings. The van der Waals surface area contributed by atoms with Crippen LogP contribution in [-0.2, 0) is 9.53 Å². The van der Waals surface area contributed by atoms with Crippen molar-refractivity contribution in [3.8, 4) is 22.8 Å². The van der Waals surface area contributed by atoms with Gasteiger partial charge in [0.15, 0.2) is 4.80 Å². The molecule has 5 rings (SSSR count). The standard InChI is InChI=1S/C30H27N3O8S/c1-6-40-29(35)26-17(3)31-30-32(27(26)21-14-19(38-4)9-12-24(21)39-5)28(34)25(42-30)15-20-10-11-23(41-20)18-8-7-16(2)22(13-18)33(36)37/h7-15,27H,6H2,1-5H3. The number of fused-ring (bicyclic) bond motifs is 1. The van der Waals surface area contributed by atoms with Crippen molar-refractivity contribution >= 4 is 29.1 Å². The van der Waals surface area contributed by atoms with Gasteiger partial charge in [0.2, 0.25) is 0 Å². The average molecular weight is 590 g/mol. The number of carbonyl (C=O) groups excluding carboxylic acids is 1. The summed E-state index contributed by atoms with van der Waals surface area (Å²) in [6, 6.07) is 12.5. The molecule has 0 saturated carbocycles. The number of benzene rings is 2. The number of aryl methyl sites for hydroxylation is 1. The molecule has 42 heavy (non-hydrogen) atoms. The number of rotatable bonds is 8. The summed E-state index contributed by atoms with van der Waals surface area (Å²) < 4.78 is 24.1. The molecule has 0 aliphatic carbocycles. The molecule has 1 unspecified atom stereocenters. The first-order valence-corrected chi connectivity index (χ1v) is 13.7. The summed E-state index contributed by atoms with van der Waals surface area (Å²) in [5.41, 5.74) is 1.82. The van der Waals surface area contributed by atoms with Gasteiger partial charge in [-0.1, -0.05) is 23.5 Å². The summed E-state index contributed by atoms with van der Waals surface area (Å²) >= 11 is 1.14. The number of hydrogen-bond donors (Lipinski definition) is 0. The molecule has 0 N–H and O–H groups in total. The molecule has 0 fully saturated rings. The topological polar surface area (TPSA) is 135 Å². The van der Waals surface area contributed by atoms with Gasteiger partial charge in [0.05, 0.1) is 41.6 Å². The Morgan fingerprint density at radius 1 is 1.14 bits per heavy atom. The first-order valence-electron chi connectivity index (χ1n) is 12.9. The lowest BCUT2D eigenvalue weighted by Crippen LogP contribution is -2.40. The molecular formula is C30H27N3O8S. The van der Waals surface area contributed by atoms with E-state index >= 15 is 0 Å². The van der Waals surface area contributed by atoms with Crippen LogP contribution in [0.5, 0.6) is 11.5 Å². The zero-order valence-corrected chi connectivity index (χ0v) is 24.3. The molecule has 1 aliphatic heterocycles. The van der Waals surface area contributed by atoms with E-state index in [-0.39, 0.29) is 17.9 Å². The minimum Gasteiger partial charge on any atom is -0.497 e. The van der Waals surface area contributed by atoms with E-state index in [0.717, 1.165) is 11.3 Å². The highest BCUT2D eigenvalue weighted by Gasteiger charge is 2.35. The SMILES string of the molecule is CCOC(=O)C1=C(C)N=c2sc(=Cc3ccc(-c4ccc(C)c([N+](=O)[O-])c4)o3)c(=O)n2C1c1cc(OC)ccc1OC. The summed E-state index contributed by atoms with van der Waals surface area (Å²) in [4.78, 5) is 43.1. The van der Waals surface area contributed by atoms with E-state index in [2.05, 4.69) is 4.99 Å². The number of nitro groups is 1. The van der Waals surface area contributed by atoms with Crippen LogP contribution in [0.2, 0.25) is 0 Å². The van der Waals surface area contributed by atoms with Gasteiger partial charge in [-0.2, -0.15) is 0 Å². The number of thiazole rings is 1. The number of ether oxygens (including phenoxy) is 3. The van der Waals surface area contributed by atoms with Crippen LogP contribution in [0.3, 0.4) is 0 Å². The van der Waals surface area contributed by atoms with Crippen molar-refractivity contribution in [3.63, 3.8) is 0 Å². The maximum absolute atomic E-state index is 13.9. The van der Waals surface area contributed by atoms with Crippen molar-refractivity contribution in [1.29, 1.82) is 0 Å². The average Bonchev–Trinajstić information content (AvgIpc) is 3.56. The van der Waals surface area contributed by atoms with Crippen LogP contribution in [0.15, 0.2) is 74.0 Å². The molecule has 2 aromatic carbocycles. The van der Waals surface area contributed by atoms with Crippen molar-refractivity contribution in [2.24, 2.45) is 4.99 Å². The van der Waals surface area contributed by atoms with Crippen molar-refractivity contribution in [2.45, 2.75) is 26.8 Å². The third-order valence-corrected chi connectivity index (χ3v) is 7.82. The molecule has 1 atom stereocenters. The van der Waals surface area contributed by atoms with E-state index in [1.165, 1.54) is 24.9 Å². The number of nitrogens with zero attached hydrogens (tertiary/aromatic N) is 3. The number of furan rings is 1. The summed E-state index contributed by atoms with van der Waals surface area (Å²) in [7, 11) is 3.03. The second-order valence-corrected chi connectivity index (χ2v) is 10.4. The predicted octanol–water partition coefficient (Wildman–Crippen LogP) is 4.29. The van der Waals surface area contributed by atoms with Gasteiger partial charge in [0, 0.05) is 28.8 Å². The molecule has 0 bridgehead atoms. The van der Waals surface area contributed by atoms with Crippen LogP contribution >= 0.6 is 11.3 Å². The Bertz CT molecular complexity index is 1930. The van der Waals surface area contributed by atoms with Crippen LogP contribution in [-0.4, -0.2) is 36.3 Å². The Kier molecular flexibility index (Phi) is 7.81. The van der Waals surface area contributed by atoms with Crippen LogP contribution < -0.4 is 24.4 Å². The number of allylic oxidation sites excluding steroid dienone is 1. The second kappa shape index (κ2) is 11.5. The quantitative estimate of drug-likeness (QED) is 0.169. The molecule has 3 heterocycles. The van der Waals surface area contributed by atoms with E-state index in [1.807, 2.05) is 0 Å². The van der Waals surface area contributed by atoms with E-state index in [4.69, 9.17) is 18.6 Å². The fraction of sp³-hybridized carbons (Fsp3) is 0.233. The lowest BCUT2D eigenvalue weighted by atomic mass is 9.95. The van der Waals surface area contributed by atoms with E-state index in [9.17, 15) is 19.7 Å². The zero-order chi connectivity index (χ0) is 30.1. The largest absolute Gasteiger partial charge is 0.497 e. The number of carbonyl (C=O) groups is 1. The molecule has 2 aromatic heterocycles. The minimum absolute atomic E-state index is 0.0143. The zero-order valence-electron chi connectivity index (χ0n) is 23.5. The van der Waals surface area contributed by atoms with Gasteiger partial charge in [-0.25, -0.2) is 9.79 Å². The van der Waals surface area contributed by atoms with Gasteiger partial charge in [-0.05, 0) is 51.1 Å². The van der Waals surface area contributed by atoms with Crippen molar-refractivity contribution in [1.82, 2.24) is 4.57 Å². The Balaban J connectivity index is 1.66. The molecule has 0 spiro atoms. The highest BCUT2D eigenvalue weighted by Crippen LogP contribution is 2.38. The molecule has 12 heteroatoms. The fourth-order valence-corrected chi connectivity index (χ4v) is 5.84. The first kappa shape index (κ1) is 28.6. The molecule has 0 radical (unpaired) electrons. The lowest BCUT2D eigenvalue weighted by Gasteiger charge is -2.26. The Morgan fingerprint density at radius 2 is 1.93 bits per heavy atom. The second-order valence-electron chi connectivity index (χ2n) is 9.37. The predicted molar refractivity (Wildman–Crippen MR) is 155 cm³/mol. The highest BCUT2D eigenvalue weighted by molar-refractivity contribution is 7.07. The normalized spacial score (nSPS) is 14.8. The summed E-state index contributed by atoms with van der Waals surface area (Å²) in [5.74, 6) is 1.16. The lowest BCUT2D eigenvalue weighted by molar-refractivity contribution is -0.385. The summed E-state index contributed by atoms with van der Waals surface area (Å²) in [5, 5.41) is 11.4. The number of nitro benzene ring substituents is 1. The number of aromatic nitrogens is 1. The van der Waals surface area contributed by atoms with Gasteiger partial charge in [-0.15, -0.1) is 0 Å². The van der Waals surface area contributed by atoms with E-state index in [1.54, 1.807) is 69.3 Å². The molecule has 0 amide bonds. The van der Waals surface area contributed by atoms with Crippen molar-refractivity contribution in [2.75, 3.05) is 20.8 Å². The fourth-order valence-electron chi connectivity index (χ4n) is 4.81. The Morgan fingerprint density at radius 3 is 2.62 bits per heavy atom. The van der Waals surface area contributed by atoms with Gasteiger partial charge in [0.1, 0.15) is 29.1 Å². The molecule has 11 nitrogen and oxygen atoms in total. The van der Waals surface area contributed by atoms with E-state index in [0.29, 0.717) is 54.7 Å².